The lowest BCUT2D eigenvalue weighted by Crippen LogP contribution is -2.30. The standard InChI is InChI=1S/C21H22N2O6/c1-13(24)14-5-4-6-16(7-14)29-11-15(25)10-23-12-22-18-9-20(28-3)19(27-2)8-17(18)21(23)26/h4-9,12,15,25H,10-11H2,1-3H3. The van der Waals surface area contributed by atoms with Crippen LogP contribution >= 0.6 is 0 Å². The average Bonchev–Trinajstić information content (AvgIpc) is 2.73. The molecule has 1 aromatic heterocycles. The van der Waals surface area contributed by atoms with E-state index in [1.54, 1.807) is 36.4 Å². The van der Waals surface area contributed by atoms with Crippen LogP contribution in [0, 0.1) is 0 Å². The smallest absolute Gasteiger partial charge is 0.261 e. The minimum absolute atomic E-state index is 0.00250. The summed E-state index contributed by atoms with van der Waals surface area (Å²) in [5, 5.41) is 10.7. The van der Waals surface area contributed by atoms with Crippen LogP contribution in [0.1, 0.15) is 17.3 Å². The van der Waals surface area contributed by atoms with Crippen molar-refractivity contribution in [3.05, 3.63) is 58.6 Å². The molecule has 3 aromatic rings. The summed E-state index contributed by atoms with van der Waals surface area (Å²) in [6.45, 7) is 1.43. The molecule has 0 saturated carbocycles. The van der Waals surface area contributed by atoms with Crippen molar-refractivity contribution in [1.82, 2.24) is 9.55 Å². The molecule has 0 aliphatic carbocycles. The van der Waals surface area contributed by atoms with Gasteiger partial charge in [0.2, 0.25) is 0 Å². The van der Waals surface area contributed by atoms with E-state index in [9.17, 15) is 14.7 Å². The number of aliphatic hydroxyl groups is 1. The molecule has 0 fully saturated rings. The highest BCUT2D eigenvalue weighted by molar-refractivity contribution is 5.94. The number of aromatic nitrogens is 2. The van der Waals surface area contributed by atoms with Crippen molar-refractivity contribution >= 4 is 16.7 Å². The molecule has 0 aliphatic heterocycles. The molecular formula is C21H22N2O6. The largest absolute Gasteiger partial charge is 0.493 e. The maximum Gasteiger partial charge on any atom is 0.261 e. The van der Waals surface area contributed by atoms with Gasteiger partial charge in [-0.1, -0.05) is 12.1 Å². The first kappa shape index (κ1) is 20.3. The molecule has 1 unspecified atom stereocenters. The zero-order valence-corrected chi connectivity index (χ0v) is 16.4. The number of fused-ring (bicyclic) bond motifs is 1. The highest BCUT2D eigenvalue weighted by atomic mass is 16.5. The molecule has 0 bridgehead atoms. The number of hydrogen-bond acceptors (Lipinski definition) is 7. The zero-order chi connectivity index (χ0) is 21.0. The quantitative estimate of drug-likeness (QED) is 0.580. The predicted octanol–water partition coefficient (Wildman–Crippen LogP) is 2.06. The first-order valence-corrected chi connectivity index (χ1v) is 8.96. The molecule has 0 saturated heterocycles. The fourth-order valence-electron chi connectivity index (χ4n) is 2.89. The Kier molecular flexibility index (Phi) is 6.13. The van der Waals surface area contributed by atoms with Crippen molar-refractivity contribution in [2.24, 2.45) is 0 Å². The van der Waals surface area contributed by atoms with E-state index < -0.39 is 6.10 Å². The lowest BCUT2D eigenvalue weighted by Gasteiger charge is -2.15. The normalized spacial score (nSPS) is 11.9. The molecule has 1 N–H and O–H groups in total. The van der Waals surface area contributed by atoms with Gasteiger partial charge in [0.1, 0.15) is 18.5 Å². The second-order valence-corrected chi connectivity index (χ2v) is 6.48. The molecule has 1 heterocycles. The Morgan fingerprint density at radius 1 is 1.17 bits per heavy atom. The summed E-state index contributed by atoms with van der Waals surface area (Å²) in [5.74, 6) is 1.30. The molecule has 0 aliphatic rings. The Labute approximate surface area is 167 Å². The summed E-state index contributed by atoms with van der Waals surface area (Å²) in [5.41, 5.74) is 0.681. The Morgan fingerprint density at radius 3 is 2.59 bits per heavy atom. The van der Waals surface area contributed by atoms with Crippen LogP contribution in [-0.2, 0) is 6.54 Å². The van der Waals surface area contributed by atoms with Crippen molar-refractivity contribution in [2.75, 3.05) is 20.8 Å². The number of aliphatic hydroxyl groups excluding tert-OH is 1. The zero-order valence-electron chi connectivity index (χ0n) is 16.4. The molecule has 2 aromatic carbocycles. The predicted molar refractivity (Wildman–Crippen MR) is 107 cm³/mol. The molecule has 0 spiro atoms. The van der Waals surface area contributed by atoms with Gasteiger partial charge >= 0.3 is 0 Å². The summed E-state index contributed by atoms with van der Waals surface area (Å²) in [6, 6.07) is 9.89. The third-order valence-corrected chi connectivity index (χ3v) is 4.42. The molecule has 8 nitrogen and oxygen atoms in total. The van der Waals surface area contributed by atoms with Crippen LogP contribution in [-0.4, -0.2) is 47.4 Å². The van der Waals surface area contributed by atoms with Gasteiger partial charge in [0, 0.05) is 11.6 Å². The third-order valence-electron chi connectivity index (χ3n) is 4.42. The number of methoxy groups -OCH3 is 2. The van der Waals surface area contributed by atoms with Crippen LogP contribution < -0.4 is 19.8 Å². The van der Waals surface area contributed by atoms with Gasteiger partial charge in [0.05, 0.1) is 38.0 Å². The van der Waals surface area contributed by atoms with E-state index in [0.717, 1.165) is 0 Å². The van der Waals surface area contributed by atoms with Crippen molar-refractivity contribution in [2.45, 2.75) is 19.6 Å². The topological polar surface area (TPSA) is 99.9 Å². The average molecular weight is 398 g/mol. The van der Waals surface area contributed by atoms with E-state index in [2.05, 4.69) is 4.98 Å². The molecule has 152 valence electrons. The van der Waals surface area contributed by atoms with Gasteiger partial charge in [-0.05, 0) is 25.1 Å². The van der Waals surface area contributed by atoms with Gasteiger partial charge in [-0.2, -0.15) is 0 Å². The first-order valence-electron chi connectivity index (χ1n) is 8.96. The summed E-state index contributed by atoms with van der Waals surface area (Å²) in [4.78, 5) is 28.5. The number of hydrogen-bond donors (Lipinski definition) is 1. The summed E-state index contributed by atoms with van der Waals surface area (Å²) in [7, 11) is 2.99. The maximum atomic E-state index is 12.8. The molecular weight excluding hydrogens is 376 g/mol. The van der Waals surface area contributed by atoms with Gasteiger partial charge in [0.25, 0.3) is 5.56 Å². The van der Waals surface area contributed by atoms with Gasteiger partial charge in [-0.25, -0.2) is 4.98 Å². The third kappa shape index (κ3) is 4.55. The molecule has 1 atom stereocenters. The van der Waals surface area contributed by atoms with Crippen LogP contribution in [0.4, 0.5) is 0 Å². The summed E-state index contributed by atoms with van der Waals surface area (Å²) >= 11 is 0. The Balaban J connectivity index is 1.75. The highest BCUT2D eigenvalue weighted by Crippen LogP contribution is 2.29. The van der Waals surface area contributed by atoms with E-state index in [1.165, 1.54) is 32.0 Å². The van der Waals surface area contributed by atoms with Crippen LogP contribution in [0.25, 0.3) is 10.9 Å². The Bertz CT molecular complexity index is 1090. The number of Topliss-reactive ketones (excluding diaryl/α,β-unsaturated/α-hetero) is 1. The van der Waals surface area contributed by atoms with Crippen LogP contribution in [0.5, 0.6) is 17.2 Å². The van der Waals surface area contributed by atoms with Crippen LogP contribution in [0.2, 0.25) is 0 Å². The minimum Gasteiger partial charge on any atom is -0.493 e. The number of nitrogens with zero attached hydrogens (tertiary/aromatic N) is 2. The number of benzene rings is 2. The first-order chi connectivity index (χ1) is 13.9. The second-order valence-electron chi connectivity index (χ2n) is 6.48. The lowest BCUT2D eigenvalue weighted by molar-refractivity contribution is 0.0913. The summed E-state index contributed by atoms with van der Waals surface area (Å²) < 4.78 is 17.3. The fourth-order valence-corrected chi connectivity index (χ4v) is 2.89. The lowest BCUT2D eigenvalue weighted by atomic mass is 10.1. The Morgan fingerprint density at radius 2 is 1.90 bits per heavy atom. The van der Waals surface area contributed by atoms with Crippen LogP contribution in [0.15, 0.2) is 47.5 Å². The molecule has 8 heteroatoms. The number of rotatable bonds is 8. The van der Waals surface area contributed by atoms with E-state index in [0.29, 0.717) is 33.7 Å². The van der Waals surface area contributed by atoms with Crippen LogP contribution in [0.3, 0.4) is 0 Å². The SMILES string of the molecule is COc1cc2ncn(CC(O)COc3cccc(C(C)=O)c3)c(=O)c2cc1OC. The maximum absolute atomic E-state index is 12.8. The molecule has 3 rings (SSSR count). The van der Waals surface area contributed by atoms with Crippen molar-refractivity contribution in [3.63, 3.8) is 0 Å². The Hall–Kier alpha value is -3.39. The van der Waals surface area contributed by atoms with Crippen molar-refractivity contribution in [1.29, 1.82) is 0 Å². The second kappa shape index (κ2) is 8.74. The van der Waals surface area contributed by atoms with Crippen molar-refractivity contribution in [3.8, 4) is 17.2 Å². The van der Waals surface area contributed by atoms with Gasteiger partial charge in [0.15, 0.2) is 17.3 Å². The monoisotopic (exact) mass is 398 g/mol. The number of ketones is 1. The molecule has 0 radical (unpaired) electrons. The fraction of sp³-hybridized carbons (Fsp3) is 0.286. The number of carbonyl (C=O) groups is 1. The number of carbonyl (C=O) groups excluding carboxylic acids is 1. The van der Waals surface area contributed by atoms with Gasteiger partial charge in [-0.15, -0.1) is 0 Å². The highest BCUT2D eigenvalue weighted by Gasteiger charge is 2.14. The van der Waals surface area contributed by atoms with E-state index in [-0.39, 0.29) is 24.5 Å². The van der Waals surface area contributed by atoms with E-state index >= 15 is 0 Å². The van der Waals surface area contributed by atoms with Gasteiger partial charge < -0.3 is 19.3 Å². The van der Waals surface area contributed by atoms with Gasteiger partial charge in [-0.3, -0.25) is 14.2 Å². The summed E-state index contributed by atoms with van der Waals surface area (Å²) in [6.07, 6.45) is 0.420. The molecule has 29 heavy (non-hydrogen) atoms. The van der Waals surface area contributed by atoms with Crippen molar-refractivity contribution < 1.29 is 24.1 Å². The number of ether oxygens (including phenoxy) is 3. The van der Waals surface area contributed by atoms with E-state index in [1.807, 2.05) is 0 Å². The molecule has 0 amide bonds. The minimum atomic E-state index is -0.951. The van der Waals surface area contributed by atoms with E-state index in [4.69, 9.17) is 14.2 Å².